The van der Waals surface area contributed by atoms with Crippen LogP contribution in [0.3, 0.4) is 0 Å². The Balaban J connectivity index is 1.69. The molecule has 4 nitrogen and oxygen atoms in total. The average molecular weight is 351 g/mol. The maximum atomic E-state index is 13.4. The van der Waals surface area contributed by atoms with Gasteiger partial charge in [0, 0.05) is 24.3 Å². The van der Waals surface area contributed by atoms with E-state index in [1.165, 1.54) is 11.3 Å². The van der Waals surface area contributed by atoms with Gasteiger partial charge in [0.1, 0.15) is 5.82 Å². The molecular formula is C21H22FN3O. The van der Waals surface area contributed by atoms with E-state index < -0.39 is 0 Å². The number of nitrogens with zero attached hydrogens (tertiary/aromatic N) is 2. The molecule has 0 saturated carbocycles. The molecular weight excluding hydrogens is 329 g/mol. The number of nitrogen functional groups attached to an aromatic ring is 1. The largest absolute Gasteiger partial charge is 0.423 e. The minimum atomic E-state index is -0.157. The number of aromatic nitrogens is 1. The molecule has 0 fully saturated rings. The summed E-state index contributed by atoms with van der Waals surface area (Å²) in [6, 6.07) is 9.64. The molecule has 2 aromatic carbocycles. The summed E-state index contributed by atoms with van der Waals surface area (Å²) < 4.78 is 19.0. The summed E-state index contributed by atoms with van der Waals surface area (Å²) in [7, 11) is 0. The summed E-state index contributed by atoms with van der Waals surface area (Å²) in [4.78, 5) is 6.52. The van der Waals surface area contributed by atoms with Gasteiger partial charge in [-0.05, 0) is 73.7 Å². The van der Waals surface area contributed by atoms with Crippen LogP contribution in [0.2, 0.25) is 0 Å². The van der Waals surface area contributed by atoms with Gasteiger partial charge in [-0.1, -0.05) is 6.07 Å². The van der Waals surface area contributed by atoms with E-state index in [0.29, 0.717) is 0 Å². The fraction of sp³-hybridized carbons (Fsp3) is 0.286. The van der Waals surface area contributed by atoms with Crippen molar-refractivity contribution in [3.05, 3.63) is 64.1 Å². The van der Waals surface area contributed by atoms with Crippen LogP contribution in [0.15, 0.2) is 34.7 Å². The summed E-state index contributed by atoms with van der Waals surface area (Å²) >= 11 is 0. The molecule has 0 amide bonds. The summed E-state index contributed by atoms with van der Waals surface area (Å²) in [5.41, 5.74) is 13.3. The molecule has 0 bridgehead atoms. The number of anilines is 2. The van der Waals surface area contributed by atoms with E-state index in [2.05, 4.69) is 35.9 Å². The zero-order valence-corrected chi connectivity index (χ0v) is 15.3. The van der Waals surface area contributed by atoms with Crippen LogP contribution in [0.1, 0.15) is 27.9 Å². The lowest BCUT2D eigenvalue weighted by Crippen LogP contribution is -2.30. The Labute approximate surface area is 152 Å². The molecule has 26 heavy (non-hydrogen) atoms. The molecule has 5 heteroatoms. The van der Waals surface area contributed by atoms with Crippen LogP contribution < -0.4 is 10.6 Å². The number of fused-ring (bicyclic) bond motifs is 1. The zero-order chi connectivity index (χ0) is 18.4. The first-order valence-corrected chi connectivity index (χ1v) is 8.79. The van der Waals surface area contributed by atoms with Crippen LogP contribution in [-0.2, 0) is 13.0 Å². The van der Waals surface area contributed by atoms with Crippen molar-refractivity contribution in [1.82, 2.24) is 4.98 Å². The predicted molar refractivity (Wildman–Crippen MR) is 102 cm³/mol. The lowest BCUT2D eigenvalue weighted by Gasteiger charge is -2.31. The molecule has 134 valence electrons. The van der Waals surface area contributed by atoms with Gasteiger partial charge in [0.05, 0.1) is 5.69 Å². The smallest absolute Gasteiger partial charge is 0.292 e. The summed E-state index contributed by atoms with van der Waals surface area (Å²) in [6.45, 7) is 7.74. The van der Waals surface area contributed by atoms with E-state index in [-0.39, 0.29) is 11.8 Å². The molecule has 2 heterocycles. The van der Waals surface area contributed by atoms with Crippen LogP contribution in [-0.4, -0.2) is 11.5 Å². The van der Waals surface area contributed by atoms with E-state index in [1.807, 2.05) is 13.0 Å². The molecule has 0 atom stereocenters. The molecule has 0 spiro atoms. The fourth-order valence-electron chi connectivity index (χ4n) is 3.87. The van der Waals surface area contributed by atoms with Gasteiger partial charge in [0.25, 0.3) is 6.01 Å². The molecule has 1 aliphatic heterocycles. The Morgan fingerprint density at radius 2 is 1.81 bits per heavy atom. The highest BCUT2D eigenvalue weighted by Crippen LogP contribution is 2.35. The van der Waals surface area contributed by atoms with Gasteiger partial charge < -0.3 is 15.1 Å². The maximum Gasteiger partial charge on any atom is 0.292 e. The van der Waals surface area contributed by atoms with Gasteiger partial charge in [-0.2, -0.15) is 4.98 Å². The summed E-state index contributed by atoms with van der Waals surface area (Å²) in [5.74, 6) is 0.582. The van der Waals surface area contributed by atoms with Crippen molar-refractivity contribution in [2.24, 2.45) is 0 Å². The molecule has 0 unspecified atom stereocenters. The molecule has 3 aromatic rings. The Hall–Kier alpha value is -2.82. The second kappa shape index (κ2) is 6.16. The number of aryl methyl sites for hydroxylation is 3. The molecule has 2 N–H and O–H groups in total. The van der Waals surface area contributed by atoms with E-state index in [0.717, 1.165) is 53.2 Å². The van der Waals surface area contributed by atoms with Crippen molar-refractivity contribution in [2.75, 3.05) is 17.2 Å². The number of hydrogen-bond acceptors (Lipinski definition) is 4. The van der Waals surface area contributed by atoms with Crippen molar-refractivity contribution in [3.63, 3.8) is 0 Å². The van der Waals surface area contributed by atoms with E-state index in [4.69, 9.17) is 10.2 Å². The molecule has 0 radical (unpaired) electrons. The first-order valence-electron chi connectivity index (χ1n) is 8.79. The van der Waals surface area contributed by atoms with Crippen molar-refractivity contribution in [1.29, 1.82) is 0 Å². The Morgan fingerprint density at radius 1 is 1.08 bits per heavy atom. The van der Waals surface area contributed by atoms with Crippen molar-refractivity contribution in [3.8, 4) is 11.3 Å². The highest BCUT2D eigenvalue weighted by molar-refractivity contribution is 5.72. The third-order valence-corrected chi connectivity index (χ3v) is 5.10. The van der Waals surface area contributed by atoms with Crippen LogP contribution in [0.5, 0.6) is 0 Å². The molecule has 0 aliphatic carbocycles. The van der Waals surface area contributed by atoms with Crippen molar-refractivity contribution < 1.29 is 8.81 Å². The van der Waals surface area contributed by atoms with Crippen LogP contribution in [0.4, 0.5) is 16.1 Å². The lowest BCUT2D eigenvalue weighted by atomic mass is 9.96. The first-order chi connectivity index (χ1) is 12.4. The zero-order valence-electron chi connectivity index (χ0n) is 15.3. The van der Waals surface area contributed by atoms with Crippen LogP contribution >= 0.6 is 0 Å². The number of halogens is 1. The maximum absolute atomic E-state index is 13.4. The van der Waals surface area contributed by atoms with E-state index in [1.54, 1.807) is 12.1 Å². The highest BCUT2D eigenvalue weighted by atomic mass is 19.1. The van der Waals surface area contributed by atoms with Gasteiger partial charge >= 0.3 is 0 Å². The third-order valence-electron chi connectivity index (χ3n) is 5.10. The predicted octanol–water partition coefficient (Wildman–Crippen LogP) is 4.55. The van der Waals surface area contributed by atoms with E-state index in [9.17, 15) is 4.39 Å². The Kier molecular flexibility index (Phi) is 3.94. The van der Waals surface area contributed by atoms with Crippen molar-refractivity contribution in [2.45, 2.75) is 33.7 Å². The van der Waals surface area contributed by atoms with Crippen molar-refractivity contribution >= 4 is 11.7 Å². The Bertz CT molecular complexity index is 970. The first kappa shape index (κ1) is 16.6. The van der Waals surface area contributed by atoms with Gasteiger partial charge in [-0.3, -0.25) is 0 Å². The lowest BCUT2D eigenvalue weighted by molar-refractivity contribution is 0.593. The van der Waals surface area contributed by atoms with Gasteiger partial charge in [0.2, 0.25) is 0 Å². The summed E-state index contributed by atoms with van der Waals surface area (Å²) in [6.07, 6.45) is 0.852. The number of hydrogen-bond donors (Lipinski definition) is 1. The second-order valence-electron chi connectivity index (χ2n) is 7.01. The molecule has 0 saturated heterocycles. The topological polar surface area (TPSA) is 55.3 Å². The SMILES string of the molecule is Cc1cc(N2CCc3cc(F)ccc3C2)cc(C)c1-c1oc(N)nc1C. The number of benzene rings is 2. The number of oxazole rings is 1. The van der Waals surface area contributed by atoms with Gasteiger partial charge in [-0.25, -0.2) is 4.39 Å². The number of nitrogens with two attached hydrogens (primary N) is 1. The molecule has 1 aliphatic rings. The third kappa shape index (κ3) is 2.83. The highest BCUT2D eigenvalue weighted by Gasteiger charge is 2.20. The normalized spacial score (nSPS) is 13.8. The Morgan fingerprint density at radius 3 is 2.46 bits per heavy atom. The number of rotatable bonds is 2. The van der Waals surface area contributed by atoms with Gasteiger partial charge in [-0.15, -0.1) is 0 Å². The summed E-state index contributed by atoms with van der Waals surface area (Å²) in [5, 5.41) is 0. The monoisotopic (exact) mass is 351 g/mol. The average Bonchev–Trinajstić information content (AvgIpc) is 2.92. The minimum absolute atomic E-state index is 0.157. The molecule has 4 rings (SSSR count). The molecule has 1 aromatic heterocycles. The fourth-order valence-corrected chi connectivity index (χ4v) is 3.87. The second-order valence-corrected chi connectivity index (χ2v) is 7.01. The van der Waals surface area contributed by atoms with Crippen LogP contribution in [0.25, 0.3) is 11.3 Å². The van der Waals surface area contributed by atoms with Gasteiger partial charge in [0.15, 0.2) is 5.76 Å². The minimum Gasteiger partial charge on any atom is -0.423 e. The quantitative estimate of drug-likeness (QED) is 0.736. The van der Waals surface area contributed by atoms with E-state index >= 15 is 0 Å². The van der Waals surface area contributed by atoms with Crippen LogP contribution in [0, 0.1) is 26.6 Å². The standard InChI is InChI=1S/C21H22FN3O/c1-12-8-18(9-13(2)19(12)20-14(3)24-21(23)26-20)25-7-6-15-10-17(22)5-4-16(15)11-25/h4-5,8-10H,6-7,11H2,1-3H3,(H2,23,24).